The van der Waals surface area contributed by atoms with Gasteiger partial charge < -0.3 is 4.90 Å². The van der Waals surface area contributed by atoms with Crippen LogP contribution >= 0.6 is 11.6 Å². The van der Waals surface area contributed by atoms with E-state index in [-0.39, 0.29) is 0 Å². The molecule has 1 aromatic heterocycles. The van der Waals surface area contributed by atoms with E-state index in [1.54, 1.807) is 6.07 Å². The molecular weight excluding hydrogens is 222 g/mol. The molecule has 0 saturated carbocycles. The molecule has 0 atom stereocenters. The third-order valence-corrected chi connectivity index (χ3v) is 2.31. The summed E-state index contributed by atoms with van der Waals surface area (Å²) in [5.74, 6) is 2.12. The zero-order chi connectivity index (χ0) is 12.1. The molecule has 0 amide bonds. The zero-order valence-corrected chi connectivity index (χ0v) is 11.2. The summed E-state index contributed by atoms with van der Waals surface area (Å²) in [5, 5.41) is 8.46. The highest BCUT2D eigenvalue weighted by Crippen LogP contribution is 2.15. The van der Waals surface area contributed by atoms with Crippen molar-refractivity contribution in [2.45, 2.75) is 27.7 Å². The number of aromatic nitrogens is 2. The maximum Gasteiger partial charge on any atom is 0.151 e. The Labute approximate surface area is 103 Å². The van der Waals surface area contributed by atoms with Gasteiger partial charge in [-0.15, -0.1) is 10.2 Å². The van der Waals surface area contributed by atoms with Gasteiger partial charge in [-0.05, 0) is 24.0 Å². The smallest absolute Gasteiger partial charge is 0.151 e. The Bertz CT molecular complexity index is 299. The monoisotopic (exact) mass is 241 g/mol. The van der Waals surface area contributed by atoms with Crippen molar-refractivity contribution in [1.29, 1.82) is 0 Å². The van der Waals surface area contributed by atoms with Crippen LogP contribution in [0.1, 0.15) is 27.7 Å². The second kappa shape index (κ2) is 6.04. The zero-order valence-electron chi connectivity index (χ0n) is 10.4. The first-order valence-corrected chi connectivity index (χ1v) is 6.11. The Morgan fingerprint density at radius 1 is 1.06 bits per heavy atom. The Hall–Kier alpha value is -0.830. The molecule has 0 aliphatic carbocycles. The predicted octanol–water partition coefficient (Wildman–Crippen LogP) is 3.25. The van der Waals surface area contributed by atoms with Crippen molar-refractivity contribution in [3.05, 3.63) is 17.3 Å². The maximum absolute atomic E-state index is 5.74. The molecule has 0 fully saturated rings. The minimum Gasteiger partial charge on any atom is -0.355 e. The van der Waals surface area contributed by atoms with Crippen molar-refractivity contribution in [2.24, 2.45) is 11.8 Å². The van der Waals surface area contributed by atoms with Gasteiger partial charge in [0.2, 0.25) is 0 Å². The molecule has 16 heavy (non-hydrogen) atoms. The van der Waals surface area contributed by atoms with E-state index < -0.39 is 0 Å². The molecule has 1 rings (SSSR count). The summed E-state index contributed by atoms with van der Waals surface area (Å²) in [6.07, 6.45) is 0. The average Bonchev–Trinajstić information content (AvgIpc) is 2.16. The third-order valence-electron chi connectivity index (χ3n) is 2.11. The van der Waals surface area contributed by atoms with Crippen molar-refractivity contribution in [3.8, 4) is 0 Å². The lowest BCUT2D eigenvalue weighted by Crippen LogP contribution is -2.32. The summed E-state index contributed by atoms with van der Waals surface area (Å²) >= 11 is 5.74. The van der Waals surface area contributed by atoms with Gasteiger partial charge in [-0.1, -0.05) is 39.3 Å². The van der Waals surface area contributed by atoms with Crippen LogP contribution < -0.4 is 4.90 Å². The molecule has 0 bridgehead atoms. The predicted molar refractivity (Wildman–Crippen MR) is 68.9 cm³/mol. The van der Waals surface area contributed by atoms with Gasteiger partial charge in [0.1, 0.15) is 0 Å². The topological polar surface area (TPSA) is 29.0 Å². The van der Waals surface area contributed by atoms with E-state index in [4.69, 9.17) is 11.6 Å². The fourth-order valence-electron chi connectivity index (χ4n) is 1.62. The van der Waals surface area contributed by atoms with Crippen molar-refractivity contribution in [1.82, 2.24) is 10.2 Å². The van der Waals surface area contributed by atoms with Gasteiger partial charge in [0.25, 0.3) is 0 Å². The highest BCUT2D eigenvalue weighted by atomic mass is 35.5. The molecule has 1 heterocycles. The number of hydrogen-bond acceptors (Lipinski definition) is 3. The van der Waals surface area contributed by atoms with Gasteiger partial charge in [0.05, 0.1) is 0 Å². The molecule has 90 valence electrons. The SMILES string of the molecule is CC(C)CN(CC(C)C)c1ccc(Cl)nn1. The standard InChI is InChI=1S/C12H20ClN3/c1-9(2)7-16(8-10(3)4)12-6-5-11(13)14-15-12/h5-6,9-10H,7-8H2,1-4H3. The first-order chi connectivity index (χ1) is 7.49. The van der Waals surface area contributed by atoms with E-state index >= 15 is 0 Å². The lowest BCUT2D eigenvalue weighted by atomic mass is 10.1. The van der Waals surface area contributed by atoms with E-state index in [1.165, 1.54) is 0 Å². The number of rotatable bonds is 5. The fourth-order valence-corrected chi connectivity index (χ4v) is 1.72. The Balaban J connectivity index is 2.78. The van der Waals surface area contributed by atoms with Crippen LogP contribution in [-0.2, 0) is 0 Å². The molecule has 0 spiro atoms. The van der Waals surface area contributed by atoms with Crippen LogP contribution in [0.4, 0.5) is 5.82 Å². The second-order valence-electron chi connectivity index (χ2n) is 4.91. The molecule has 4 heteroatoms. The van der Waals surface area contributed by atoms with Crippen molar-refractivity contribution in [2.75, 3.05) is 18.0 Å². The quantitative estimate of drug-likeness (QED) is 0.793. The molecule has 1 aromatic rings. The summed E-state index contributed by atoms with van der Waals surface area (Å²) in [7, 11) is 0. The van der Waals surface area contributed by atoms with Gasteiger partial charge in [0.15, 0.2) is 11.0 Å². The van der Waals surface area contributed by atoms with Gasteiger partial charge in [-0.2, -0.15) is 0 Å². The van der Waals surface area contributed by atoms with E-state index in [2.05, 4.69) is 42.8 Å². The lowest BCUT2D eigenvalue weighted by Gasteiger charge is -2.26. The molecule has 0 unspecified atom stereocenters. The summed E-state index contributed by atoms with van der Waals surface area (Å²) < 4.78 is 0. The van der Waals surface area contributed by atoms with E-state index in [0.29, 0.717) is 17.0 Å². The van der Waals surface area contributed by atoms with Crippen LogP contribution in [0.25, 0.3) is 0 Å². The molecule has 0 aromatic carbocycles. The largest absolute Gasteiger partial charge is 0.355 e. The Morgan fingerprint density at radius 2 is 1.62 bits per heavy atom. The number of hydrogen-bond donors (Lipinski definition) is 0. The number of halogens is 1. The van der Waals surface area contributed by atoms with Gasteiger partial charge >= 0.3 is 0 Å². The first-order valence-electron chi connectivity index (χ1n) is 5.73. The van der Waals surface area contributed by atoms with E-state index in [0.717, 1.165) is 18.9 Å². The molecule has 0 aliphatic heterocycles. The third kappa shape index (κ3) is 4.35. The number of nitrogens with zero attached hydrogens (tertiary/aromatic N) is 3. The van der Waals surface area contributed by atoms with Gasteiger partial charge in [0, 0.05) is 13.1 Å². The van der Waals surface area contributed by atoms with Crippen molar-refractivity contribution < 1.29 is 0 Å². The fraction of sp³-hybridized carbons (Fsp3) is 0.667. The first kappa shape index (κ1) is 13.2. The van der Waals surface area contributed by atoms with Crippen LogP contribution in [-0.4, -0.2) is 23.3 Å². The summed E-state index contributed by atoms with van der Waals surface area (Å²) in [5.41, 5.74) is 0. The van der Waals surface area contributed by atoms with Crippen LogP contribution in [0, 0.1) is 11.8 Å². The summed E-state index contributed by atoms with van der Waals surface area (Å²) in [6.45, 7) is 10.8. The van der Waals surface area contributed by atoms with Crippen LogP contribution in [0.15, 0.2) is 12.1 Å². The highest BCUT2D eigenvalue weighted by molar-refractivity contribution is 6.29. The molecule has 0 radical (unpaired) electrons. The lowest BCUT2D eigenvalue weighted by molar-refractivity contribution is 0.547. The summed E-state index contributed by atoms with van der Waals surface area (Å²) in [4.78, 5) is 2.26. The molecule has 3 nitrogen and oxygen atoms in total. The Kier molecular flexibility index (Phi) is 5.00. The minimum atomic E-state index is 0.442. The molecule has 0 aliphatic rings. The minimum absolute atomic E-state index is 0.442. The maximum atomic E-state index is 5.74. The van der Waals surface area contributed by atoms with Crippen molar-refractivity contribution in [3.63, 3.8) is 0 Å². The normalized spacial score (nSPS) is 11.2. The van der Waals surface area contributed by atoms with E-state index in [1.807, 2.05) is 6.07 Å². The molecular formula is C12H20ClN3. The Morgan fingerprint density at radius 3 is 2.00 bits per heavy atom. The van der Waals surface area contributed by atoms with Gasteiger partial charge in [-0.3, -0.25) is 0 Å². The number of anilines is 1. The van der Waals surface area contributed by atoms with Gasteiger partial charge in [-0.25, -0.2) is 0 Å². The van der Waals surface area contributed by atoms with Crippen LogP contribution in [0.5, 0.6) is 0 Å². The molecule has 0 saturated heterocycles. The summed E-state index contributed by atoms with van der Waals surface area (Å²) in [6, 6.07) is 3.72. The van der Waals surface area contributed by atoms with E-state index in [9.17, 15) is 0 Å². The highest BCUT2D eigenvalue weighted by Gasteiger charge is 2.11. The van der Waals surface area contributed by atoms with Crippen molar-refractivity contribution >= 4 is 17.4 Å². The second-order valence-corrected chi connectivity index (χ2v) is 5.29. The molecule has 0 N–H and O–H groups in total. The van der Waals surface area contributed by atoms with Crippen LogP contribution in [0.3, 0.4) is 0 Å². The average molecular weight is 242 g/mol. The van der Waals surface area contributed by atoms with Crippen LogP contribution in [0.2, 0.25) is 5.15 Å².